The molecule has 1 aromatic heterocycles. The molecule has 25 heavy (non-hydrogen) atoms. The molecular formula is C19H18N2O4. The molecule has 6 nitrogen and oxygen atoms in total. The molecule has 0 aliphatic carbocycles. The van der Waals surface area contributed by atoms with E-state index in [9.17, 15) is 4.79 Å². The topological polar surface area (TPSA) is 63.9 Å². The van der Waals surface area contributed by atoms with Crippen LogP contribution in [0.25, 0.3) is 11.0 Å². The average molecular weight is 338 g/mol. The number of ether oxygens (including phenoxy) is 2. The van der Waals surface area contributed by atoms with Crippen molar-refractivity contribution in [2.45, 2.75) is 13.0 Å². The van der Waals surface area contributed by atoms with Crippen LogP contribution in [0.15, 0.2) is 52.9 Å². The van der Waals surface area contributed by atoms with Gasteiger partial charge in [-0.1, -0.05) is 18.2 Å². The molecule has 128 valence electrons. The van der Waals surface area contributed by atoms with Gasteiger partial charge < -0.3 is 24.1 Å². The normalized spacial score (nSPS) is 13.7. The van der Waals surface area contributed by atoms with Gasteiger partial charge in [-0.25, -0.2) is 4.79 Å². The lowest BCUT2D eigenvalue weighted by Crippen LogP contribution is -2.33. The number of amides is 2. The predicted molar refractivity (Wildman–Crippen MR) is 94.0 cm³/mol. The van der Waals surface area contributed by atoms with Crippen molar-refractivity contribution in [1.82, 2.24) is 4.90 Å². The number of para-hydroxylation sites is 1. The second-order valence-corrected chi connectivity index (χ2v) is 5.97. The number of hydrogen-bond acceptors (Lipinski definition) is 4. The number of benzene rings is 2. The van der Waals surface area contributed by atoms with Crippen LogP contribution in [0.4, 0.5) is 10.5 Å². The summed E-state index contributed by atoms with van der Waals surface area (Å²) < 4.78 is 16.5. The van der Waals surface area contributed by atoms with Crippen molar-refractivity contribution >= 4 is 22.7 Å². The Morgan fingerprint density at radius 2 is 1.92 bits per heavy atom. The van der Waals surface area contributed by atoms with E-state index < -0.39 is 0 Å². The molecular weight excluding hydrogens is 320 g/mol. The summed E-state index contributed by atoms with van der Waals surface area (Å²) in [5.41, 5.74) is 1.46. The maximum absolute atomic E-state index is 12.5. The van der Waals surface area contributed by atoms with Crippen molar-refractivity contribution in [2.24, 2.45) is 0 Å². The van der Waals surface area contributed by atoms with Gasteiger partial charge in [0.25, 0.3) is 0 Å². The van der Waals surface area contributed by atoms with Crippen LogP contribution in [0, 0.1) is 0 Å². The van der Waals surface area contributed by atoms with E-state index >= 15 is 0 Å². The number of nitrogens with one attached hydrogen (secondary N) is 1. The summed E-state index contributed by atoms with van der Waals surface area (Å²) >= 11 is 0. The van der Waals surface area contributed by atoms with Gasteiger partial charge in [0.1, 0.15) is 11.3 Å². The zero-order chi connectivity index (χ0) is 17.4. The lowest BCUT2D eigenvalue weighted by molar-refractivity contribution is 0.174. The number of hydrogen-bond donors (Lipinski definition) is 1. The van der Waals surface area contributed by atoms with E-state index in [-0.39, 0.29) is 18.9 Å². The van der Waals surface area contributed by atoms with Crippen molar-refractivity contribution in [1.29, 1.82) is 0 Å². The van der Waals surface area contributed by atoms with E-state index in [1.165, 1.54) is 0 Å². The Balaban J connectivity index is 1.49. The fourth-order valence-electron chi connectivity index (χ4n) is 2.76. The molecule has 0 fully saturated rings. The second kappa shape index (κ2) is 6.05. The van der Waals surface area contributed by atoms with E-state index in [1.807, 2.05) is 37.3 Å². The van der Waals surface area contributed by atoms with Crippen molar-refractivity contribution < 1.29 is 18.7 Å². The van der Waals surface area contributed by atoms with Crippen LogP contribution in [0.2, 0.25) is 0 Å². The van der Waals surface area contributed by atoms with Gasteiger partial charge in [0.15, 0.2) is 11.5 Å². The number of urea groups is 1. The Morgan fingerprint density at radius 3 is 2.76 bits per heavy atom. The third-order valence-electron chi connectivity index (χ3n) is 4.38. The molecule has 1 aliphatic heterocycles. The molecule has 2 heterocycles. The minimum atomic E-state index is -0.230. The molecule has 0 radical (unpaired) electrons. The van der Waals surface area contributed by atoms with Gasteiger partial charge >= 0.3 is 6.03 Å². The highest BCUT2D eigenvalue weighted by Gasteiger charge is 2.21. The Kier molecular flexibility index (Phi) is 3.72. The fraction of sp³-hybridized carbons (Fsp3) is 0.211. The molecule has 2 aromatic carbocycles. The largest absolute Gasteiger partial charge is 0.459 e. The monoisotopic (exact) mass is 338 g/mol. The minimum Gasteiger partial charge on any atom is -0.459 e. The number of furan rings is 1. The fourth-order valence-corrected chi connectivity index (χ4v) is 2.76. The average Bonchev–Trinajstić information content (AvgIpc) is 3.26. The van der Waals surface area contributed by atoms with E-state index in [0.29, 0.717) is 17.2 Å². The summed E-state index contributed by atoms with van der Waals surface area (Å²) in [4.78, 5) is 14.1. The Morgan fingerprint density at radius 1 is 1.12 bits per heavy atom. The number of rotatable bonds is 3. The highest BCUT2D eigenvalue weighted by atomic mass is 16.7. The predicted octanol–water partition coefficient (Wildman–Crippen LogP) is 4.39. The lowest BCUT2D eigenvalue weighted by Gasteiger charge is -2.23. The SMILES string of the molecule is CC(c1cc2ccccc2o1)N(C)C(=O)Nc1ccc2c(c1)OCO2. The Bertz CT molecular complexity index is 901. The molecule has 0 saturated carbocycles. The first kappa shape index (κ1) is 15.4. The zero-order valence-electron chi connectivity index (χ0n) is 14.0. The van der Waals surface area contributed by atoms with Gasteiger partial charge in [0, 0.05) is 24.2 Å². The molecule has 1 atom stereocenters. The third-order valence-corrected chi connectivity index (χ3v) is 4.38. The number of fused-ring (bicyclic) bond motifs is 2. The van der Waals surface area contributed by atoms with Gasteiger partial charge in [-0.15, -0.1) is 0 Å². The maximum atomic E-state index is 12.5. The Hall–Kier alpha value is -3.15. The van der Waals surface area contributed by atoms with Gasteiger partial charge in [-0.3, -0.25) is 0 Å². The first-order valence-electron chi connectivity index (χ1n) is 8.04. The van der Waals surface area contributed by atoms with Crippen LogP contribution in [0.1, 0.15) is 18.7 Å². The molecule has 3 aromatic rings. The molecule has 2 amide bonds. The molecule has 0 bridgehead atoms. The molecule has 0 spiro atoms. The van der Waals surface area contributed by atoms with Gasteiger partial charge in [-0.05, 0) is 31.2 Å². The summed E-state index contributed by atoms with van der Waals surface area (Å²) in [6, 6.07) is 14.6. The summed E-state index contributed by atoms with van der Waals surface area (Å²) in [5.74, 6) is 2.05. The van der Waals surface area contributed by atoms with E-state index in [0.717, 1.165) is 16.7 Å². The number of carbonyl (C=O) groups is 1. The third kappa shape index (κ3) is 2.87. The van der Waals surface area contributed by atoms with Gasteiger partial charge in [0.05, 0.1) is 6.04 Å². The zero-order valence-corrected chi connectivity index (χ0v) is 14.0. The van der Waals surface area contributed by atoms with Crippen LogP contribution < -0.4 is 14.8 Å². The summed E-state index contributed by atoms with van der Waals surface area (Å²) in [5, 5.41) is 3.89. The van der Waals surface area contributed by atoms with E-state index in [1.54, 1.807) is 30.1 Å². The van der Waals surface area contributed by atoms with E-state index in [4.69, 9.17) is 13.9 Å². The van der Waals surface area contributed by atoms with Crippen LogP contribution >= 0.6 is 0 Å². The molecule has 0 saturated heterocycles. The highest BCUT2D eigenvalue weighted by Crippen LogP contribution is 2.34. The van der Waals surface area contributed by atoms with Crippen molar-refractivity contribution in [2.75, 3.05) is 19.2 Å². The minimum absolute atomic E-state index is 0.204. The molecule has 6 heteroatoms. The maximum Gasteiger partial charge on any atom is 0.322 e. The second-order valence-electron chi connectivity index (χ2n) is 5.97. The summed E-state index contributed by atoms with van der Waals surface area (Å²) in [6.45, 7) is 2.13. The van der Waals surface area contributed by atoms with Crippen LogP contribution in [0.3, 0.4) is 0 Å². The number of carbonyl (C=O) groups excluding carboxylic acids is 1. The number of anilines is 1. The van der Waals surface area contributed by atoms with Crippen LogP contribution in [-0.4, -0.2) is 24.8 Å². The summed E-state index contributed by atoms with van der Waals surface area (Å²) in [7, 11) is 1.74. The van der Waals surface area contributed by atoms with Crippen LogP contribution in [-0.2, 0) is 0 Å². The van der Waals surface area contributed by atoms with Crippen molar-refractivity contribution in [3.63, 3.8) is 0 Å². The molecule has 1 unspecified atom stereocenters. The van der Waals surface area contributed by atoms with Crippen molar-refractivity contribution in [3.8, 4) is 11.5 Å². The standard InChI is InChI=1S/C19H18N2O4/c1-12(17-9-13-5-3-4-6-15(13)25-17)21(2)19(22)20-14-7-8-16-18(10-14)24-11-23-16/h3-10,12H,11H2,1-2H3,(H,20,22). The smallest absolute Gasteiger partial charge is 0.322 e. The number of nitrogens with zero attached hydrogens (tertiary/aromatic N) is 1. The first-order chi connectivity index (χ1) is 12.1. The van der Waals surface area contributed by atoms with Crippen molar-refractivity contribution in [3.05, 3.63) is 54.3 Å². The van der Waals surface area contributed by atoms with Gasteiger partial charge in [0.2, 0.25) is 6.79 Å². The first-order valence-corrected chi connectivity index (χ1v) is 8.04. The Labute approximate surface area is 144 Å². The molecule has 1 N–H and O–H groups in total. The quantitative estimate of drug-likeness (QED) is 0.769. The van der Waals surface area contributed by atoms with E-state index in [2.05, 4.69) is 5.32 Å². The molecule has 4 rings (SSSR count). The lowest BCUT2D eigenvalue weighted by atomic mass is 10.2. The summed E-state index contributed by atoms with van der Waals surface area (Å²) in [6.07, 6.45) is 0. The highest BCUT2D eigenvalue weighted by molar-refractivity contribution is 5.90. The van der Waals surface area contributed by atoms with Gasteiger partial charge in [-0.2, -0.15) is 0 Å². The van der Waals surface area contributed by atoms with Crippen LogP contribution in [0.5, 0.6) is 11.5 Å². The molecule has 1 aliphatic rings.